The lowest BCUT2D eigenvalue weighted by molar-refractivity contribution is -0.161. The first-order valence-electron chi connectivity index (χ1n) is 19.0. The van der Waals surface area contributed by atoms with Gasteiger partial charge in [-0.3, -0.25) is 18.6 Å². The summed E-state index contributed by atoms with van der Waals surface area (Å²) in [6, 6.07) is 0. The van der Waals surface area contributed by atoms with E-state index in [9.17, 15) is 19.0 Å². The number of ether oxygens (including phenoxy) is 2. The highest BCUT2D eigenvalue weighted by Crippen LogP contribution is 2.43. The molecule has 0 fully saturated rings. The number of unbranched alkanes of at least 4 members (excludes halogenated alkanes) is 23. The highest BCUT2D eigenvalue weighted by Gasteiger charge is 2.25. The zero-order valence-electron chi connectivity index (χ0n) is 29.8. The number of nitrogens with two attached hydrogens (primary N) is 1. The number of rotatable bonds is 36. The lowest BCUT2D eigenvalue weighted by Gasteiger charge is -2.19. The highest BCUT2D eigenvalue weighted by atomic mass is 31.2. The minimum absolute atomic E-state index is 0.0577. The van der Waals surface area contributed by atoms with E-state index in [1.807, 2.05) is 0 Å². The molecule has 10 heteroatoms. The first-order valence-corrected chi connectivity index (χ1v) is 20.5. The standard InChI is InChI=1S/C36H72NO8P/c1-3-5-7-9-11-13-15-17-19-21-23-25-27-29-36(39)45-34(33-44-46(40,41)43-31-30-37)32-42-35(38)28-26-24-22-20-18-16-14-12-10-8-6-4-2/h34H,3-33,37H2,1-2H3,(H,40,41)/t34-/m1/s1. The van der Waals surface area contributed by atoms with Crippen LogP contribution in [-0.4, -0.2) is 49.3 Å². The summed E-state index contributed by atoms with van der Waals surface area (Å²) in [5.41, 5.74) is 5.33. The Labute approximate surface area is 282 Å². The van der Waals surface area contributed by atoms with Crippen molar-refractivity contribution in [3.05, 3.63) is 0 Å². The Morgan fingerprint density at radius 2 is 0.935 bits per heavy atom. The fourth-order valence-corrected chi connectivity index (χ4v) is 6.16. The molecule has 9 nitrogen and oxygen atoms in total. The molecule has 274 valence electrons. The molecule has 46 heavy (non-hydrogen) atoms. The van der Waals surface area contributed by atoms with Gasteiger partial charge in [-0.2, -0.15) is 0 Å². The number of esters is 2. The summed E-state index contributed by atoms with van der Waals surface area (Å²) >= 11 is 0. The van der Waals surface area contributed by atoms with Crippen molar-refractivity contribution >= 4 is 19.8 Å². The van der Waals surface area contributed by atoms with Gasteiger partial charge in [0.05, 0.1) is 13.2 Å². The molecule has 0 rings (SSSR count). The van der Waals surface area contributed by atoms with Gasteiger partial charge in [0.1, 0.15) is 6.61 Å². The van der Waals surface area contributed by atoms with Crippen LogP contribution >= 0.6 is 7.82 Å². The highest BCUT2D eigenvalue weighted by molar-refractivity contribution is 7.47. The molecule has 1 unspecified atom stereocenters. The van der Waals surface area contributed by atoms with Crippen LogP contribution in [0.15, 0.2) is 0 Å². The van der Waals surface area contributed by atoms with Gasteiger partial charge in [0.2, 0.25) is 0 Å². The van der Waals surface area contributed by atoms with Gasteiger partial charge in [-0.05, 0) is 12.8 Å². The zero-order valence-corrected chi connectivity index (χ0v) is 30.7. The van der Waals surface area contributed by atoms with Crippen molar-refractivity contribution in [2.45, 2.75) is 193 Å². The van der Waals surface area contributed by atoms with Crippen LogP contribution in [0.2, 0.25) is 0 Å². The van der Waals surface area contributed by atoms with Crippen LogP contribution in [0.4, 0.5) is 0 Å². The largest absolute Gasteiger partial charge is 0.472 e. The molecule has 0 amide bonds. The van der Waals surface area contributed by atoms with Crippen LogP contribution in [0.3, 0.4) is 0 Å². The first-order chi connectivity index (χ1) is 22.3. The molecule has 0 aromatic rings. The van der Waals surface area contributed by atoms with Gasteiger partial charge in [-0.1, -0.05) is 162 Å². The molecule has 2 atom stereocenters. The van der Waals surface area contributed by atoms with E-state index in [1.165, 1.54) is 122 Å². The molecule has 0 saturated carbocycles. The van der Waals surface area contributed by atoms with E-state index < -0.39 is 26.5 Å². The summed E-state index contributed by atoms with van der Waals surface area (Å²) in [5, 5.41) is 0. The third-order valence-corrected chi connectivity index (χ3v) is 9.23. The molecule has 0 aliphatic rings. The van der Waals surface area contributed by atoms with E-state index in [-0.39, 0.29) is 38.6 Å². The van der Waals surface area contributed by atoms with Crippen LogP contribution in [0.1, 0.15) is 187 Å². The number of hydrogen-bond donors (Lipinski definition) is 2. The molecule has 0 spiro atoms. The van der Waals surface area contributed by atoms with E-state index in [0.717, 1.165) is 32.1 Å². The number of carbonyl (C=O) groups is 2. The average molecular weight is 678 g/mol. The summed E-state index contributed by atoms with van der Waals surface area (Å²) in [7, 11) is -4.36. The molecule has 0 saturated heterocycles. The zero-order chi connectivity index (χ0) is 34.0. The number of carbonyl (C=O) groups excluding carboxylic acids is 2. The maximum Gasteiger partial charge on any atom is 0.472 e. The van der Waals surface area contributed by atoms with E-state index in [0.29, 0.717) is 6.42 Å². The van der Waals surface area contributed by atoms with Crippen molar-refractivity contribution in [3.63, 3.8) is 0 Å². The smallest absolute Gasteiger partial charge is 0.462 e. The van der Waals surface area contributed by atoms with Crippen molar-refractivity contribution in [3.8, 4) is 0 Å². The molecule has 0 aliphatic heterocycles. The summed E-state index contributed by atoms with van der Waals surface area (Å²) in [6.07, 6.45) is 29.8. The number of phosphoric ester groups is 1. The fraction of sp³-hybridized carbons (Fsp3) is 0.944. The minimum Gasteiger partial charge on any atom is -0.462 e. The second-order valence-corrected chi connectivity index (χ2v) is 14.3. The predicted octanol–water partition coefficient (Wildman–Crippen LogP) is 10.1. The lowest BCUT2D eigenvalue weighted by Crippen LogP contribution is -2.29. The predicted molar refractivity (Wildman–Crippen MR) is 188 cm³/mol. The molecule has 0 radical (unpaired) electrons. The van der Waals surface area contributed by atoms with Gasteiger partial charge in [-0.25, -0.2) is 4.57 Å². The van der Waals surface area contributed by atoms with Crippen molar-refractivity contribution in [1.82, 2.24) is 0 Å². The second-order valence-electron chi connectivity index (χ2n) is 12.8. The Bertz CT molecular complexity index is 739. The van der Waals surface area contributed by atoms with E-state index >= 15 is 0 Å². The molecule has 0 bridgehead atoms. The average Bonchev–Trinajstić information content (AvgIpc) is 3.04. The van der Waals surface area contributed by atoms with Crippen LogP contribution in [0.5, 0.6) is 0 Å². The van der Waals surface area contributed by atoms with E-state index in [4.69, 9.17) is 24.3 Å². The SMILES string of the molecule is CCCCCCCCCCCCCCCC(=O)O[C@H](COC(=O)CCCCCCCCCCCCCC)COP(=O)(O)OCCN. The summed E-state index contributed by atoms with van der Waals surface area (Å²) in [5.74, 6) is -0.819. The first kappa shape index (κ1) is 45.0. The fourth-order valence-electron chi connectivity index (χ4n) is 5.40. The monoisotopic (exact) mass is 677 g/mol. The van der Waals surface area contributed by atoms with Crippen molar-refractivity contribution in [2.75, 3.05) is 26.4 Å². The van der Waals surface area contributed by atoms with Gasteiger partial charge in [0.25, 0.3) is 0 Å². The van der Waals surface area contributed by atoms with E-state index in [1.54, 1.807) is 0 Å². The summed E-state index contributed by atoms with van der Waals surface area (Å²) in [6.45, 7) is 3.74. The third kappa shape index (κ3) is 32.9. The Balaban J connectivity index is 4.20. The van der Waals surface area contributed by atoms with Gasteiger partial charge >= 0.3 is 19.8 Å². The number of hydrogen-bond acceptors (Lipinski definition) is 8. The van der Waals surface area contributed by atoms with Crippen LogP contribution in [0.25, 0.3) is 0 Å². The topological polar surface area (TPSA) is 134 Å². The molecular weight excluding hydrogens is 605 g/mol. The molecule has 0 aliphatic carbocycles. The van der Waals surface area contributed by atoms with Crippen LogP contribution in [-0.2, 0) is 32.7 Å². The lowest BCUT2D eigenvalue weighted by atomic mass is 10.0. The molecule has 0 aromatic carbocycles. The molecular formula is C36H72NO8P. The minimum atomic E-state index is -4.36. The summed E-state index contributed by atoms with van der Waals surface area (Å²) in [4.78, 5) is 34.6. The van der Waals surface area contributed by atoms with E-state index in [2.05, 4.69) is 13.8 Å². The van der Waals surface area contributed by atoms with Gasteiger partial charge in [0, 0.05) is 19.4 Å². The van der Waals surface area contributed by atoms with Gasteiger partial charge < -0.3 is 20.1 Å². The molecule has 0 heterocycles. The molecule has 0 aromatic heterocycles. The van der Waals surface area contributed by atoms with Crippen molar-refractivity contribution < 1.29 is 37.6 Å². The Morgan fingerprint density at radius 1 is 0.565 bits per heavy atom. The van der Waals surface area contributed by atoms with Crippen molar-refractivity contribution in [1.29, 1.82) is 0 Å². The molecule has 3 N–H and O–H groups in total. The second kappa shape index (κ2) is 33.9. The summed E-state index contributed by atoms with van der Waals surface area (Å²) < 4.78 is 32.6. The number of phosphoric acid groups is 1. The Kier molecular flexibility index (Phi) is 33.2. The Morgan fingerprint density at radius 3 is 1.33 bits per heavy atom. The van der Waals surface area contributed by atoms with Crippen LogP contribution in [0, 0.1) is 0 Å². The van der Waals surface area contributed by atoms with Crippen molar-refractivity contribution in [2.24, 2.45) is 5.73 Å². The van der Waals surface area contributed by atoms with Crippen LogP contribution < -0.4 is 5.73 Å². The third-order valence-electron chi connectivity index (χ3n) is 8.24. The Hall–Kier alpha value is -0.990. The quantitative estimate of drug-likeness (QED) is 0.0377. The maximum atomic E-state index is 12.5. The maximum absolute atomic E-state index is 12.5. The normalized spacial score (nSPS) is 13.4. The van der Waals surface area contributed by atoms with Gasteiger partial charge in [0.15, 0.2) is 6.10 Å². The van der Waals surface area contributed by atoms with Gasteiger partial charge in [-0.15, -0.1) is 0 Å².